The number of aromatic nitrogens is 1. The second-order valence-corrected chi connectivity index (χ2v) is 7.20. The van der Waals surface area contributed by atoms with E-state index in [4.69, 9.17) is 0 Å². The molecule has 0 bridgehead atoms. The van der Waals surface area contributed by atoms with Crippen LogP contribution in [0.2, 0.25) is 0 Å². The SMILES string of the molecule is CC(=O)Nc1cccc(-c2nc(CC(=O)NCc3ccc(C)cc3)cs2)c1. The third-order valence-corrected chi connectivity index (χ3v) is 4.87. The Morgan fingerprint density at radius 3 is 2.63 bits per heavy atom. The highest BCUT2D eigenvalue weighted by Gasteiger charge is 2.10. The van der Waals surface area contributed by atoms with E-state index < -0.39 is 0 Å². The Hall–Kier alpha value is -2.99. The number of carbonyl (C=O) groups is 2. The van der Waals surface area contributed by atoms with Crippen molar-refractivity contribution in [2.24, 2.45) is 0 Å². The lowest BCUT2D eigenvalue weighted by atomic mass is 10.1. The molecule has 27 heavy (non-hydrogen) atoms. The topological polar surface area (TPSA) is 71.1 Å². The largest absolute Gasteiger partial charge is 0.352 e. The number of hydrogen-bond donors (Lipinski definition) is 2. The Kier molecular flexibility index (Phi) is 5.98. The molecule has 0 aliphatic heterocycles. The highest BCUT2D eigenvalue weighted by molar-refractivity contribution is 7.13. The fourth-order valence-corrected chi connectivity index (χ4v) is 3.40. The van der Waals surface area contributed by atoms with Gasteiger partial charge in [-0.05, 0) is 24.6 Å². The van der Waals surface area contributed by atoms with E-state index >= 15 is 0 Å². The van der Waals surface area contributed by atoms with Gasteiger partial charge in [-0.2, -0.15) is 0 Å². The van der Waals surface area contributed by atoms with Crippen LogP contribution in [0.25, 0.3) is 10.6 Å². The van der Waals surface area contributed by atoms with Crippen LogP contribution in [0.4, 0.5) is 5.69 Å². The van der Waals surface area contributed by atoms with Gasteiger partial charge in [-0.3, -0.25) is 9.59 Å². The first-order valence-electron chi connectivity index (χ1n) is 8.64. The normalized spacial score (nSPS) is 10.4. The number of thiazole rings is 1. The molecule has 0 saturated heterocycles. The number of anilines is 1. The van der Waals surface area contributed by atoms with Crippen molar-refractivity contribution in [1.29, 1.82) is 0 Å². The minimum Gasteiger partial charge on any atom is -0.352 e. The van der Waals surface area contributed by atoms with E-state index in [1.54, 1.807) is 0 Å². The molecule has 2 N–H and O–H groups in total. The summed E-state index contributed by atoms with van der Waals surface area (Å²) in [6, 6.07) is 15.6. The van der Waals surface area contributed by atoms with Gasteiger partial charge in [0.1, 0.15) is 5.01 Å². The number of benzene rings is 2. The van der Waals surface area contributed by atoms with Crippen LogP contribution >= 0.6 is 11.3 Å². The predicted molar refractivity (Wildman–Crippen MR) is 109 cm³/mol. The van der Waals surface area contributed by atoms with Crippen molar-refractivity contribution >= 4 is 28.8 Å². The number of hydrogen-bond acceptors (Lipinski definition) is 4. The molecule has 0 aliphatic carbocycles. The van der Waals surface area contributed by atoms with Crippen molar-refractivity contribution in [3.63, 3.8) is 0 Å². The van der Waals surface area contributed by atoms with Gasteiger partial charge in [0.15, 0.2) is 0 Å². The van der Waals surface area contributed by atoms with Crippen molar-refractivity contribution in [2.75, 3.05) is 5.32 Å². The van der Waals surface area contributed by atoms with E-state index in [0.29, 0.717) is 6.54 Å². The monoisotopic (exact) mass is 379 g/mol. The lowest BCUT2D eigenvalue weighted by Gasteiger charge is -2.05. The molecular formula is C21H21N3O2S. The zero-order chi connectivity index (χ0) is 19.2. The molecule has 0 radical (unpaired) electrons. The van der Waals surface area contributed by atoms with Gasteiger partial charge in [-0.25, -0.2) is 4.98 Å². The summed E-state index contributed by atoms with van der Waals surface area (Å²) in [5.41, 5.74) is 4.65. The molecule has 0 aliphatic rings. The molecule has 0 saturated carbocycles. The van der Waals surface area contributed by atoms with Crippen molar-refractivity contribution in [3.8, 4) is 10.6 Å². The molecule has 1 heterocycles. The van der Waals surface area contributed by atoms with Crippen LogP contribution in [0.1, 0.15) is 23.7 Å². The lowest BCUT2D eigenvalue weighted by Crippen LogP contribution is -2.24. The van der Waals surface area contributed by atoms with Crippen LogP contribution < -0.4 is 10.6 Å². The molecule has 3 aromatic rings. The summed E-state index contributed by atoms with van der Waals surface area (Å²) in [7, 11) is 0. The van der Waals surface area contributed by atoms with Crippen LogP contribution in [-0.4, -0.2) is 16.8 Å². The van der Waals surface area contributed by atoms with Crippen LogP contribution in [0, 0.1) is 6.92 Å². The van der Waals surface area contributed by atoms with Gasteiger partial charge >= 0.3 is 0 Å². The second kappa shape index (κ2) is 8.60. The number of carbonyl (C=O) groups excluding carboxylic acids is 2. The van der Waals surface area contributed by atoms with Gasteiger partial charge in [0.25, 0.3) is 0 Å². The van der Waals surface area contributed by atoms with E-state index in [1.165, 1.54) is 23.8 Å². The van der Waals surface area contributed by atoms with Crippen LogP contribution in [0.5, 0.6) is 0 Å². The average Bonchev–Trinajstić information content (AvgIpc) is 3.09. The first-order chi connectivity index (χ1) is 13.0. The summed E-state index contributed by atoms with van der Waals surface area (Å²) in [6.45, 7) is 4.02. The van der Waals surface area contributed by atoms with Crippen molar-refractivity contribution in [3.05, 3.63) is 70.7 Å². The van der Waals surface area contributed by atoms with Gasteiger partial charge in [0.2, 0.25) is 11.8 Å². The molecule has 3 rings (SSSR count). The molecule has 138 valence electrons. The second-order valence-electron chi connectivity index (χ2n) is 6.35. The summed E-state index contributed by atoms with van der Waals surface area (Å²) in [4.78, 5) is 27.9. The standard InChI is InChI=1S/C21H21N3O2S/c1-14-6-8-16(9-7-14)12-22-20(26)11-19-13-27-21(24-19)17-4-3-5-18(10-17)23-15(2)25/h3-10,13H,11-12H2,1-2H3,(H,22,26)(H,23,25). The zero-order valence-corrected chi connectivity index (χ0v) is 16.1. The quantitative estimate of drug-likeness (QED) is 0.682. The Bertz CT molecular complexity index is 948. The number of amides is 2. The first kappa shape index (κ1) is 18.8. The molecule has 5 nitrogen and oxygen atoms in total. The summed E-state index contributed by atoms with van der Waals surface area (Å²) < 4.78 is 0. The fraction of sp³-hybridized carbons (Fsp3) is 0.190. The van der Waals surface area contributed by atoms with E-state index in [0.717, 1.165) is 27.5 Å². The highest BCUT2D eigenvalue weighted by atomic mass is 32.1. The summed E-state index contributed by atoms with van der Waals surface area (Å²) in [5, 5.41) is 8.41. The third kappa shape index (κ3) is 5.49. The molecular weight excluding hydrogens is 358 g/mol. The number of nitrogens with one attached hydrogen (secondary N) is 2. The molecule has 2 amide bonds. The van der Waals surface area contributed by atoms with Crippen LogP contribution in [-0.2, 0) is 22.6 Å². The van der Waals surface area contributed by atoms with E-state index in [2.05, 4.69) is 15.6 Å². The molecule has 2 aromatic carbocycles. The Morgan fingerprint density at radius 2 is 1.89 bits per heavy atom. The van der Waals surface area contributed by atoms with E-state index in [9.17, 15) is 9.59 Å². The Balaban J connectivity index is 1.59. The van der Waals surface area contributed by atoms with Crippen molar-refractivity contribution in [2.45, 2.75) is 26.8 Å². The maximum absolute atomic E-state index is 12.2. The average molecular weight is 379 g/mol. The van der Waals surface area contributed by atoms with Crippen molar-refractivity contribution < 1.29 is 9.59 Å². The zero-order valence-electron chi connectivity index (χ0n) is 15.3. The van der Waals surface area contributed by atoms with Crippen LogP contribution in [0.3, 0.4) is 0 Å². The predicted octanol–water partition coefficient (Wildman–Crippen LogP) is 3.94. The first-order valence-corrected chi connectivity index (χ1v) is 9.52. The number of nitrogens with zero attached hydrogens (tertiary/aromatic N) is 1. The molecule has 0 spiro atoms. The summed E-state index contributed by atoms with van der Waals surface area (Å²) in [6.07, 6.45) is 0.244. The summed E-state index contributed by atoms with van der Waals surface area (Å²) >= 11 is 1.48. The van der Waals surface area contributed by atoms with Crippen molar-refractivity contribution in [1.82, 2.24) is 10.3 Å². The van der Waals surface area contributed by atoms with Crippen LogP contribution in [0.15, 0.2) is 53.9 Å². The number of rotatable bonds is 6. The minimum atomic E-state index is -0.114. The lowest BCUT2D eigenvalue weighted by molar-refractivity contribution is -0.120. The van der Waals surface area contributed by atoms with E-state index in [-0.39, 0.29) is 18.2 Å². The smallest absolute Gasteiger partial charge is 0.226 e. The Labute approximate surface area is 162 Å². The van der Waals surface area contributed by atoms with E-state index in [1.807, 2.05) is 60.8 Å². The van der Waals surface area contributed by atoms with Gasteiger partial charge in [-0.15, -0.1) is 11.3 Å². The fourth-order valence-electron chi connectivity index (χ4n) is 2.59. The summed E-state index contributed by atoms with van der Waals surface area (Å²) in [5.74, 6) is -0.170. The maximum Gasteiger partial charge on any atom is 0.226 e. The van der Waals surface area contributed by atoms with Gasteiger partial charge in [0, 0.05) is 30.1 Å². The van der Waals surface area contributed by atoms with Gasteiger partial charge < -0.3 is 10.6 Å². The molecule has 6 heteroatoms. The molecule has 0 atom stereocenters. The maximum atomic E-state index is 12.2. The molecule has 0 unspecified atom stereocenters. The molecule has 0 fully saturated rings. The highest BCUT2D eigenvalue weighted by Crippen LogP contribution is 2.26. The van der Waals surface area contributed by atoms with Gasteiger partial charge in [-0.1, -0.05) is 42.0 Å². The third-order valence-electron chi connectivity index (χ3n) is 3.93. The molecule has 1 aromatic heterocycles. The van der Waals surface area contributed by atoms with Gasteiger partial charge in [0.05, 0.1) is 12.1 Å². The Morgan fingerprint density at radius 1 is 1.11 bits per heavy atom. The number of aryl methyl sites for hydroxylation is 1. The minimum absolute atomic E-state index is 0.0561.